The van der Waals surface area contributed by atoms with Gasteiger partial charge in [0.25, 0.3) is 0 Å². The summed E-state index contributed by atoms with van der Waals surface area (Å²) in [6.45, 7) is 6.21. The van der Waals surface area contributed by atoms with Gasteiger partial charge in [-0.1, -0.05) is 44.2 Å². The van der Waals surface area contributed by atoms with E-state index >= 15 is 0 Å². The first-order chi connectivity index (χ1) is 14.7. The molecule has 3 aromatic rings. The van der Waals surface area contributed by atoms with Gasteiger partial charge in [-0.2, -0.15) is 19.6 Å². The molecule has 0 radical (unpaired) electrons. The van der Waals surface area contributed by atoms with E-state index < -0.39 is 0 Å². The third-order valence-corrected chi connectivity index (χ3v) is 6.06. The van der Waals surface area contributed by atoms with Crippen molar-refractivity contribution in [2.24, 2.45) is 5.92 Å². The number of hydrogen-bond donors (Lipinski definition) is 2. The first kappa shape index (κ1) is 19.3. The van der Waals surface area contributed by atoms with Crippen molar-refractivity contribution in [1.82, 2.24) is 24.9 Å². The van der Waals surface area contributed by atoms with Gasteiger partial charge in [-0.3, -0.25) is 0 Å². The van der Waals surface area contributed by atoms with E-state index in [4.69, 9.17) is 14.7 Å². The number of fused-ring (bicyclic) bond motifs is 1. The lowest BCUT2D eigenvalue weighted by Gasteiger charge is -2.24. The van der Waals surface area contributed by atoms with E-state index in [2.05, 4.69) is 59.9 Å². The van der Waals surface area contributed by atoms with Gasteiger partial charge in [0.2, 0.25) is 5.95 Å². The highest BCUT2D eigenvalue weighted by Crippen LogP contribution is 2.42. The van der Waals surface area contributed by atoms with Gasteiger partial charge in [-0.15, -0.1) is 0 Å². The highest BCUT2D eigenvalue weighted by atomic mass is 16.5. The van der Waals surface area contributed by atoms with Gasteiger partial charge in [-0.25, -0.2) is 0 Å². The van der Waals surface area contributed by atoms with Gasteiger partial charge in [0.1, 0.15) is 6.10 Å². The fourth-order valence-electron chi connectivity index (χ4n) is 4.20. The van der Waals surface area contributed by atoms with Crippen LogP contribution in [0.2, 0.25) is 0 Å². The molecule has 0 spiro atoms. The predicted molar refractivity (Wildman–Crippen MR) is 117 cm³/mol. The molecule has 7 nitrogen and oxygen atoms in total. The number of benzene rings is 1. The van der Waals surface area contributed by atoms with Crippen molar-refractivity contribution < 1.29 is 4.74 Å². The highest BCUT2D eigenvalue weighted by molar-refractivity contribution is 5.53. The Morgan fingerprint density at radius 1 is 1.13 bits per heavy atom. The fourth-order valence-corrected chi connectivity index (χ4v) is 4.20. The second-order valence-corrected chi connectivity index (χ2v) is 8.78. The summed E-state index contributed by atoms with van der Waals surface area (Å²) < 4.78 is 8.04. The average Bonchev–Trinajstić information content (AvgIpc) is 3.51. The number of piperidine rings is 1. The summed E-state index contributed by atoms with van der Waals surface area (Å²) in [7, 11) is 0. The number of nitrogens with one attached hydrogen (secondary N) is 2. The van der Waals surface area contributed by atoms with E-state index in [1.165, 1.54) is 18.4 Å². The number of ether oxygens (including phenoxy) is 1. The maximum Gasteiger partial charge on any atom is 0.322 e. The molecule has 0 amide bonds. The van der Waals surface area contributed by atoms with Gasteiger partial charge in [0.15, 0.2) is 5.65 Å². The molecule has 1 saturated heterocycles. The van der Waals surface area contributed by atoms with Gasteiger partial charge in [0, 0.05) is 12.1 Å². The molecule has 1 aliphatic heterocycles. The van der Waals surface area contributed by atoms with Crippen LogP contribution < -0.4 is 15.4 Å². The Bertz CT molecular complexity index is 992. The Kier molecular flexibility index (Phi) is 5.29. The molecule has 158 valence electrons. The van der Waals surface area contributed by atoms with Crippen LogP contribution in [-0.2, 0) is 0 Å². The molecule has 5 rings (SSSR count). The van der Waals surface area contributed by atoms with Crippen LogP contribution >= 0.6 is 0 Å². The first-order valence-corrected chi connectivity index (χ1v) is 11.1. The molecule has 2 atom stereocenters. The maximum absolute atomic E-state index is 6.21. The molecule has 2 N–H and O–H groups in total. The number of rotatable bonds is 7. The molecule has 2 fully saturated rings. The van der Waals surface area contributed by atoms with Gasteiger partial charge < -0.3 is 15.4 Å². The molecular formula is C23H30N6O. The van der Waals surface area contributed by atoms with Crippen molar-refractivity contribution in [2.45, 2.75) is 57.6 Å². The number of aromatic nitrogens is 4. The molecule has 7 heteroatoms. The Hall–Kier alpha value is -2.67. The summed E-state index contributed by atoms with van der Waals surface area (Å²) >= 11 is 0. The summed E-state index contributed by atoms with van der Waals surface area (Å²) in [5.74, 6) is 1.64. The third-order valence-electron chi connectivity index (χ3n) is 6.06. The van der Waals surface area contributed by atoms with Crippen LogP contribution in [0, 0.1) is 5.92 Å². The molecule has 1 aromatic carbocycles. The Morgan fingerprint density at radius 3 is 2.67 bits per heavy atom. The summed E-state index contributed by atoms with van der Waals surface area (Å²) in [5.41, 5.74) is 3.21. The summed E-state index contributed by atoms with van der Waals surface area (Å²) in [6, 6.07) is 11.3. The van der Waals surface area contributed by atoms with Crippen LogP contribution in [-0.4, -0.2) is 38.8 Å². The molecule has 3 heterocycles. The van der Waals surface area contributed by atoms with Crippen LogP contribution in [0.4, 0.5) is 5.95 Å². The van der Waals surface area contributed by atoms with Crippen LogP contribution in [0.3, 0.4) is 0 Å². The molecule has 0 bridgehead atoms. The van der Waals surface area contributed by atoms with Crippen LogP contribution in [0.1, 0.15) is 62.6 Å². The van der Waals surface area contributed by atoms with E-state index in [1.807, 2.05) is 10.7 Å². The second kappa shape index (κ2) is 8.22. The smallest absolute Gasteiger partial charge is 0.322 e. The zero-order valence-electron chi connectivity index (χ0n) is 17.7. The molecule has 2 unspecified atom stereocenters. The monoisotopic (exact) mass is 406 g/mol. The van der Waals surface area contributed by atoms with Gasteiger partial charge in [0.05, 0.1) is 12.2 Å². The van der Waals surface area contributed by atoms with E-state index in [1.54, 1.807) is 0 Å². The Balaban J connectivity index is 1.52. The van der Waals surface area contributed by atoms with E-state index in [-0.39, 0.29) is 12.1 Å². The standard InChI is InChI=1S/C23H30N6O/c1-15(2)19-14-25-29-21(19)27-23(30-18-9-6-12-24-13-18)28-22(29)26-20(17-10-11-17)16-7-4-3-5-8-16/h3-5,7-8,14-15,17-18,20,24H,6,9-13H2,1-2H3,(H,26,27,28). The number of nitrogens with zero attached hydrogens (tertiary/aromatic N) is 4. The zero-order chi connectivity index (χ0) is 20.5. The lowest BCUT2D eigenvalue weighted by molar-refractivity contribution is 0.153. The van der Waals surface area contributed by atoms with Crippen molar-refractivity contribution in [3.8, 4) is 6.01 Å². The number of hydrogen-bond acceptors (Lipinski definition) is 6. The number of anilines is 1. The summed E-state index contributed by atoms with van der Waals surface area (Å²) in [6.07, 6.45) is 6.60. The Morgan fingerprint density at radius 2 is 1.97 bits per heavy atom. The molecule has 1 saturated carbocycles. The highest BCUT2D eigenvalue weighted by Gasteiger charge is 2.33. The van der Waals surface area contributed by atoms with Crippen molar-refractivity contribution >= 4 is 11.6 Å². The largest absolute Gasteiger partial charge is 0.459 e. The third kappa shape index (κ3) is 3.99. The minimum absolute atomic E-state index is 0.104. The summed E-state index contributed by atoms with van der Waals surface area (Å²) in [5, 5.41) is 11.7. The van der Waals surface area contributed by atoms with E-state index in [0.29, 0.717) is 23.8 Å². The Labute approximate surface area is 177 Å². The molecular weight excluding hydrogens is 376 g/mol. The minimum atomic E-state index is 0.104. The minimum Gasteiger partial charge on any atom is -0.459 e. The van der Waals surface area contributed by atoms with Crippen molar-refractivity contribution in [3.05, 3.63) is 47.7 Å². The van der Waals surface area contributed by atoms with E-state index in [0.717, 1.165) is 37.1 Å². The topological polar surface area (TPSA) is 76.4 Å². The molecule has 1 aliphatic carbocycles. The van der Waals surface area contributed by atoms with Crippen molar-refractivity contribution in [3.63, 3.8) is 0 Å². The quantitative estimate of drug-likeness (QED) is 0.619. The van der Waals surface area contributed by atoms with Crippen LogP contribution in [0.25, 0.3) is 5.65 Å². The predicted octanol–water partition coefficient (Wildman–Crippen LogP) is 3.94. The summed E-state index contributed by atoms with van der Waals surface area (Å²) in [4.78, 5) is 9.52. The van der Waals surface area contributed by atoms with Crippen LogP contribution in [0.5, 0.6) is 6.01 Å². The maximum atomic E-state index is 6.21. The molecule has 2 aromatic heterocycles. The second-order valence-electron chi connectivity index (χ2n) is 8.78. The van der Waals surface area contributed by atoms with Crippen molar-refractivity contribution in [2.75, 3.05) is 18.4 Å². The van der Waals surface area contributed by atoms with E-state index in [9.17, 15) is 0 Å². The SMILES string of the molecule is CC(C)c1cnn2c(NC(c3ccccc3)C3CC3)nc(OC3CCCNC3)nc12. The zero-order valence-corrected chi connectivity index (χ0v) is 17.7. The van der Waals surface area contributed by atoms with Gasteiger partial charge in [-0.05, 0) is 49.6 Å². The lowest BCUT2D eigenvalue weighted by atomic mass is 10.0. The normalized spacial score (nSPS) is 20.4. The first-order valence-electron chi connectivity index (χ1n) is 11.1. The molecule has 2 aliphatic rings. The molecule has 30 heavy (non-hydrogen) atoms. The van der Waals surface area contributed by atoms with Crippen LogP contribution in [0.15, 0.2) is 36.5 Å². The fraction of sp³-hybridized carbons (Fsp3) is 0.522. The average molecular weight is 407 g/mol. The van der Waals surface area contributed by atoms with Crippen molar-refractivity contribution in [1.29, 1.82) is 0 Å². The lowest BCUT2D eigenvalue weighted by Crippen LogP contribution is -2.37. The van der Waals surface area contributed by atoms with Gasteiger partial charge >= 0.3 is 6.01 Å².